The van der Waals surface area contributed by atoms with Crippen LogP contribution in [0.5, 0.6) is 0 Å². The van der Waals surface area contributed by atoms with Gasteiger partial charge >= 0.3 is 17.2 Å². The van der Waals surface area contributed by atoms with Gasteiger partial charge in [0.2, 0.25) is 0 Å². The summed E-state index contributed by atoms with van der Waals surface area (Å²) in [6, 6.07) is 16.3. The molecule has 28 heavy (non-hydrogen) atoms. The number of carbonyl (C=O) groups is 1. The maximum absolute atomic E-state index is 12.5. The van der Waals surface area contributed by atoms with E-state index in [1.165, 1.54) is 0 Å². The van der Waals surface area contributed by atoms with Crippen LogP contribution in [-0.4, -0.2) is 11.1 Å². The van der Waals surface area contributed by atoms with E-state index < -0.39 is 17.2 Å². The fraction of sp³-hybridized carbons (Fsp3) is 0. The first-order chi connectivity index (χ1) is 13.6. The molecule has 0 unspecified atom stereocenters. The van der Waals surface area contributed by atoms with Crippen molar-refractivity contribution in [2.24, 2.45) is 0 Å². The van der Waals surface area contributed by atoms with Gasteiger partial charge in [-0.2, -0.15) is 0 Å². The SMILES string of the molecule is O=C(O)c1ccc2c3cccc4cc5c(=O)oc(=O)c5c(c5cccc1c25)c43. The average molecular weight is 366 g/mol. The standard InChI is InChI=1S/C23H10O5/c24-21(25)14-8-7-13-11-4-1-3-10-9-16-20(23(27)28-22(16)26)19(17(10)11)15-6-2-5-12(14)18(13)15/h1-9H,(H,24,25). The number of furan rings is 1. The molecule has 1 N–H and O–H groups in total. The molecule has 6 rings (SSSR count). The lowest BCUT2D eigenvalue weighted by molar-refractivity contribution is 0.0699. The average Bonchev–Trinajstić information content (AvgIpc) is 2.98. The van der Waals surface area contributed by atoms with Crippen LogP contribution in [0, 0.1) is 0 Å². The second kappa shape index (κ2) is 4.84. The fourth-order valence-corrected chi connectivity index (χ4v) is 4.54. The van der Waals surface area contributed by atoms with Crippen molar-refractivity contribution < 1.29 is 14.3 Å². The van der Waals surface area contributed by atoms with Crippen LogP contribution in [0.15, 0.2) is 68.6 Å². The number of fused-ring (bicyclic) bond motifs is 4. The molecule has 0 aliphatic heterocycles. The molecule has 5 aromatic carbocycles. The number of carboxylic acid groups (broad SMARTS) is 1. The molecular formula is C23H10O5. The molecule has 0 amide bonds. The van der Waals surface area contributed by atoms with Crippen molar-refractivity contribution >= 4 is 59.8 Å². The first-order valence-corrected chi connectivity index (χ1v) is 8.72. The van der Waals surface area contributed by atoms with Crippen molar-refractivity contribution in [3.63, 3.8) is 0 Å². The van der Waals surface area contributed by atoms with Crippen LogP contribution in [0.2, 0.25) is 0 Å². The maximum Gasteiger partial charge on any atom is 0.347 e. The van der Waals surface area contributed by atoms with E-state index in [1.54, 1.807) is 24.3 Å². The van der Waals surface area contributed by atoms with E-state index in [4.69, 9.17) is 4.42 Å². The minimum atomic E-state index is -1.01. The van der Waals surface area contributed by atoms with Gasteiger partial charge in [0, 0.05) is 5.39 Å². The van der Waals surface area contributed by atoms with Crippen LogP contribution in [0.1, 0.15) is 10.4 Å². The summed E-state index contributed by atoms with van der Waals surface area (Å²) >= 11 is 0. The Balaban J connectivity index is 2.11. The van der Waals surface area contributed by atoms with Crippen molar-refractivity contribution in [3.8, 4) is 0 Å². The summed E-state index contributed by atoms with van der Waals surface area (Å²) in [7, 11) is 0. The number of benzene rings is 5. The van der Waals surface area contributed by atoms with Gasteiger partial charge in [-0.15, -0.1) is 0 Å². The summed E-state index contributed by atoms with van der Waals surface area (Å²) in [5, 5.41) is 16.4. The highest BCUT2D eigenvalue weighted by Crippen LogP contribution is 2.42. The predicted octanol–water partition coefficient (Wildman–Crippen LogP) is 4.34. The molecule has 0 atom stereocenters. The van der Waals surface area contributed by atoms with Gasteiger partial charge in [0.15, 0.2) is 0 Å². The lowest BCUT2D eigenvalue weighted by Gasteiger charge is -2.15. The number of hydrogen-bond donors (Lipinski definition) is 1. The fourth-order valence-electron chi connectivity index (χ4n) is 4.54. The van der Waals surface area contributed by atoms with Gasteiger partial charge in [-0.1, -0.05) is 42.5 Å². The quantitative estimate of drug-likeness (QED) is 0.346. The van der Waals surface area contributed by atoms with Crippen LogP contribution >= 0.6 is 0 Å². The Morgan fingerprint density at radius 3 is 2.21 bits per heavy atom. The first kappa shape index (κ1) is 15.1. The monoisotopic (exact) mass is 366 g/mol. The minimum absolute atomic E-state index is 0.197. The number of carboxylic acids is 1. The van der Waals surface area contributed by atoms with Crippen LogP contribution in [-0.2, 0) is 0 Å². The zero-order valence-electron chi connectivity index (χ0n) is 14.3. The van der Waals surface area contributed by atoms with Crippen LogP contribution < -0.4 is 11.3 Å². The summed E-state index contributed by atoms with van der Waals surface area (Å²) in [5.41, 5.74) is -1.12. The summed E-state index contributed by atoms with van der Waals surface area (Å²) in [5.74, 6) is -1.01. The van der Waals surface area contributed by atoms with Gasteiger partial charge < -0.3 is 9.52 Å². The molecule has 132 valence electrons. The van der Waals surface area contributed by atoms with Crippen molar-refractivity contribution in [3.05, 3.63) is 81.0 Å². The molecule has 5 heteroatoms. The van der Waals surface area contributed by atoms with Crippen molar-refractivity contribution in [1.82, 2.24) is 0 Å². The Kier molecular flexibility index (Phi) is 2.61. The molecule has 0 spiro atoms. The predicted molar refractivity (Wildman–Crippen MR) is 108 cm³/mol. The largest absolute Gasteiger partial charge is 0.478 e. The molecule has 1 aromatic heterocycles. The molecule has 0 saturated heterocycles. The summed E-state index contributed by atoms with van der Waals surface area (Å²) < 4.78 is 4.88. The molecule has 0 aliphatic rings. The minimum Gasteiger partial charge on any atom is -0.478 e. The second-order valence-corrected chi connectivity index (χ2v) is 6.95. The number of hydrogen-bond acceptors (Lipinski definition) is 4. The van der Waals surface area contributed by atoms with E-state index in [0.717, 1.165) is 32.3 Å². The normalized spacial score (nSPS) is 12.1. The summed E-state index contributed by atoms with van der Waals surface area (Å²) in [6.45, 7) is 0. The van der Waals surface area contributed by atoms with Crippen molar-refractivity contribution in [2.45, 2.75) is 0 Å². The highest BCUT2D eigenvalue weighted by atomic mass is 16.4. The summed E-state index contributed by atoms with van der Waals surface area (Å²) in [4.78, 5) is 36.4. The highest BCUT2D eigenvalue weighted by molar-refractivity contribution is 6.38. The van der Waals surface area contributed by atoms with E-state index in [1.807, 2.05) is 30.3 Å². The molecule has 0 bridgehead atoms. The topological polar surface area (TPSA) is 84.6 Å². The third-order valence-corrected chi connectivity index (χ3v) is 5.61. The molecule has 0 saturated carbocycles. The Hall–Kier alpha value is -3.99. The van der Waals surface area contributed by atoms with Gasteiger partial charge in [-0.05, 0) is 49.8 Å². The zero-order valence-corrected chi connectivity index (χ0v) is 14.3. The van der Waals surface area contributed by atoms with E-state index in [9.17, 15) is 19.5 Å². The molecule has 0 radical (unpaired) electrons. The Bertz CT molecular complexity index is 1730. The van der Waals surface area contributed by atoms with E-state index in [0.29, 0.717) is 10.8 Å². The van der Waals surface area contributed by atoms with Crippen LogP contribution in [0.4, 0.5) is 0 Å². The third-order valence-electron chi connectivity index (χ3n) is 5.61. The molecule has 1 heterocycles. The van der Waals surface area contributed by atoms with E-state index in [-0.39, 0.29) is 16.3 Å². The number of aromatic carboxylic acids is 1. The van der Waals surface area contributed by atoms with Crippen LogP contribution in [0.25, 0.3) is 53.9 Å². The van der Waals surface area contributed by atoms with Crippen molar-refractivity contribution in [1.29, 1.82) is 0 Å². The Morgan fingerprint density at radius 1 is 0.679 bits per heavy atom. The van der Waals surface area contributed by atoms with Crippen molar-refractivity contribution in [2.75, 3.05) is 0 Å². The zero-order chi connectivity index (χ0) is 19.2. The molecular weight excluding hydrogens is 356 g/mol. The summed E-state index contributed by atoms with van der Waals surface area (Å²) in [6.07, 6.45) is 0. The Morgan fingerprint density at radius 2 is 1.39 bits per heavy atom. The van der Waals surface area contributed by atoms with Crippen LogP contribution in [0.3, 0.4) is 0 Å². The Labute approximate surface area is 155 Å². The first-order valence-electron chi connectivity index (χ1n) is 8.72. The smallest absolute Gasteiger partial charge is 0.347 e. The van der Waals surface area contributed by atoms with Gasteiger partial charge in [-0.25, -0.2) is 14.4 Å². The maximum atomic E-state index is 12.5. The lowest BCUT2D eigenvalue weighted by Crippen LogP contribution is -1.99. The second-order valence-electron chi connectivity index (χ2n) is 6.95. The number of rotatable bonds is 1. The third kappa shape index (κ3) is 1.64. The van der Waals surface area contributed by atoms with Gasteiger partial charge in [0.05, 0.1) is 16.3 Å². The molecule has 0 fully saturated rings. The van der Waals surface area contributed by atoms with E-state index in [2.05, 4.69) is 0 Å². The van der Waals surface area contributed by atoms with Gasteiger partial charge in [0.25, 0.3) is 0 Å². The molecule has 5 nitrogen and oxygen atoms in total. The van der Waals surface area contributed by atoms with Gasteiger partial charge in [0.1, 0.15) is 0 Å². The molecule has 6 aromatic rings. The lowest BCUT2D eigenvalue weighted by atomic mass is 9.87. The van der Waals surface area contributed by atoms with Gasteiger partial charge in [-0.3, -0.25) is 0 Å². The van der Waals surface area contributed by atoms with E-state index >= 15 is 0 Å². The highest BCUT2D eigenvalue weighted by Gasteiger charge is 2.21. The molecule has 0 aliphatic carbocycles.